The minimum atomic E-state index is -0.238. The first-order valence-electron chi connectivity index (χ1n) is 9.66. The highest BCUT2D eigenvalue weighted by atomic mass is 16.2. The van der Waals surface area contributed by atoms with E-state index in [0.29, 0.717) is 30.0 Å². The van der Waals surface area contributed by atoms with Gasteiger partial charge in [-0.3, -0.25) is 19.3 Å². The average Bonchev–Trinajstić information content (AvgIpc) is 2.67. The third-order valence-corrected chi connectivity index (χ3v) is 4.73. The molecule has 1 aliphatic heterocycles. The Morgan fingerprint density at radius 3 is 1.90 bits per heavy atom. The second kappa shape index (κ2) is 9.34. The van der Waals surface area contributed by atoms with Crippen LogP contribution in [0.5, 0.6) is 0 Å². The molecule has 2 aromatic rings. The fourth-order valence-electron chi connectivity index (χ4n) is 3.44. The van der Waals surface area contributed by atoms with Gasteiger partial charge in [-0.05, 0) is 23.8 Å². The molecule has 7 heteroatoms. The van der Waals surface area contributed by atoms with Crippen molar-refractivity contribution < 1.29 is 14.4 Å². The van der Waals surface area contributed by atoms with Crippen LogP contribution in [0, 0.1) is 0 Å². The van der Waals surface area contributed by atoms with Crippen LogP contribution < -0.4 is 10.6 Å². The first-order valence-corrected chi connectivity index (χ1v) is 9.66. The lowest BCUT2D eigenvalue weighted by atomic mass is 10.1. The SMILES string of the molecule is CC(=O)Nc1cc(NC(C)=O)cc(C(=O)N2CCN(Cc3ccccc3)CC2)c1. The van der Waals surface area contributed by atoms with Gasteiger partial charge in [0, 0.05) is 63.5 Å². The molecule has 0 spiro atoms. The third-order valence-electron chi connectivity index (χ3n) is 4.73. The lowest BCUT2D eigenvalue weighted by Gasteiger charge is -2.35. The van der Waals surface area contributed by atoms with Gasteiger partial charge in [0.2, 0.25) is 11.8 Å². The molecule has 1 aliphatic rings. The fraction of sp³-hybridized carbons (Fsp3) is 0.318. The molecule has 0 radical (unpaired) electrons. The molecular formula is C22H26N4O3. The number of nitrogens with zero attached hydrogens (tertiary/aromatic N) is 2. The number of amides is 3. The van der Waals surface area contributed by atoms with Crippen LogP contribution in [0.4, 0.5) is 11.4 Å². The van der Waals surface area contributed by atoms with Crippen LogP contribution >= 0.6 is 0 Å². The standard InChI is InChI=1S/C22H26N4O3/c1-16(27)23-20-12-19(13-21(14-20)24-17(2)28)22(29)26-10-8-25(9-11-26)15-18-6-4-3-5-7-18/h3-7,12-14H,8-11,15H2,1-2H3,(H,23,27)(H,24,28). The summed E-state index contributed by atoms with van der Waals surface area (Å²) >= 11 is 0. The molecule has 1 fully saturated rings. The van der Waals surface area contributed by atoms with Gasteiger partial charge in [0.05, 0.1) is 0 Å². The van der Waals surface area contributed by atoms with E-state index >= 15 is 0 Å². The minimum Gasteiger partial charge on any atom is -0.336 e. The molecule has 1 heterocycles. The molecule has 0 saturated carbocycles. The largest absolute Gasteiger partial charge is 0.336 e. The smallest absolute Gasteiger partial charge is 0.254 e. The van der Waals surface area contributed by atoms with E-state index in [0.717, 1.165) is 19.6 Å². The number of nitrogens with one attached hydrogen (secondary N) is 2. The zero-order chi connectivity index (χ0) is 20.8. The van der Waals surface area contributed by atoms with E-state index in [4.69, 9.17) is 0 Å². The van der Waals surface area contributed by atoms with E-state index in [1.165, 1.54) is 19.4 Å². The lowest BCUT2D eigenvalue weighted by Crippen LogP contribution is -2.48. The Labute approximate surface area is 170 Å². The van der Waals surface area contributed by atoms with E-state index in [-0.39, 0.29) is 17.7 Å². The normalized spacial score (nSPS) is 14.3. The predicted molar refractivity (Wildman–Crippen MR) is 113 cm³/mol. The Morgan fingerprint density at radius 2 is 1.38 bits per heavy atom. The highest BCUT2D eigenvalue weighted by Gasteiger charge is 2.23. The molecule has 29 heavy (non-hydrogen) atoms. The number of carbonyl (C=O) groups excluding carboxylic acids is 3. The van der Waals surface area contributed by atoms with Gasteiger partial charge in [-0.1, -0.05) is 30.3 Å². The number of hydrogen-bond donors (Lipinski definition) is 2. The van der Waals surface area contributed by atoms with Crippen molar-refractivity contribution >= 4 is 29.1 Å². The zero-order valence-corrected chi connectivity index (χ0v) is 16.8. The molecule has 2 aromatic carbocycles. The van der Waals surface area contributed by atoms with Crippen molar-refractivity contribution in [3.8, 4) is 0 Å². The molecule has 3 amide bonds. The van der Waals surface area contributed by atoms with Crippen LogP contribution in [0.25, 0.3) is 0 Å². The number of anilines is 2. The Bertz CT molecular complexity index is 856. The van der Waals surface area contributed by atoms with Crippen molar-refractivity contribution in [1.29, 1.82) is 0 Å². The topological polar surface area (TPSA) is 81.8 Å². The van der Waals surface area contributed by atoms with Crippen molar-refractivity contribution in [3.05, 3.63) is 59.7 Å². The molecule has 2 N–H and O–H groups in total. The molecule has 7 nitrogen and oxygen atoms in total. The summed E-state index contributed by atoms with van der Waals surface area (Å²) in [5, 5.41) is 5.36. The molecule has 1 saturated heterocycles. The van der Waals surface area contributed by atoms with Crippen molar-refractivity contribution in [2.24, 2.45) is 0 Å². The number of carbonyl (C=O) groups is 3. The summed E-state index contributed by atoms with van der Waals surface area (Å²) in [4.78, 5) is 40.0. The lowest BCUT2D eigenvalue weighted by molar-refractivity contribution is -0.115. The molecule has 0 unspecified atom stereocenters. The number of rotatable bonds is 5. The van der Waals surface area contributed by atoms with E-state index in [2.05, 4.69) is 27.7 Å². The average molecular weight is 394 g/mol. The monoisotopic (exact) mass is 394 g/mol. The van der Waals surface area contributed by atoms with Gasteiger partial charge in [0.15, 0.2) is 0 Å². The van der Waals surface area contributed by atoms with Gasteiger partial charge < -0.3 is 15.5 Å². The van der Waals surface area contributed by atoms with E-state index in [1.807, 2.05) is 23.1 Å². The van der Waals surface area contributed by atoms with Crippen LogP contribution in [-0.2, 0) is 16.1 Å². The van der Waals surface area contributed by atoms with Gasteiger partial charge in [-0.25, -0.2) is 0 Å². The second-order valence-electron chi connectivity index (χ2n) is 7.22. The van der Waals surface area contributed by atoms with Crippen molar-refractivity contribution in [3.63, 3.8) is 0 Å². The summed E-state index contributed by atoms with van der Waals surface area (Å²) in [6, 6.07) is 15.2. The summed E-state index contributed by atoms with van der Waals surface area (Å²) in [6.07, 6.45) is 0. The van der Waals surface area contributed by atoms with Gasteiger partial charge in [-0.2, -0.15) is 0 Å². The Balaban J connectivity index is 1.68. The van der Waals surface area contributed by atoms with Crippen LogP contribution in [0.2, 0.25) is 0 Å². The maximum atomic E-state index is 13.0. The number of hydrogen-bond acceptors (Lipinski definition) is 4. The molecule has 0 aromatic heterocycles. The first-order chi connectivity index (χ1) is 13.9. The maximum Gasteiger partial charge on any atom is 0.254 e. The highest BCUT2D eigenvalue weighted by molar-refractivity contribution is 6.00. The first kappa shape index (κ1) is 20.5. The molecule has 152 valence electrons. The predicted octanol–water partition coefficient (Wildman–Crippen LogP) is 2.56. The van der Waals surface area contributed by atoms with Gasteiger partial charge in [-0.15, -0.1) is 0 Å². The number of piperazine rings is 1. The van der Waals surface area contributed by atoms with Crippen molar-refractivity contribution in [1.82, 2.24) is 9.80 Å². The minimum absolute atomic E-state index is 0.108. The summed E-state index contributed by atoms with van der Waals surface area (Å²) < 4.78 is 0. The maximum absolute atomic E-state index is 13.0. The zero-order valence-electron chi connectivity index (χ0n) is 16.8. The van der Waals surface area contributed by atoms with Gasteiger partial charge in [0.25, 0.3) is 5.91 Å². The van der Waals surface area contributed by atoms with Crippen molar-refractivity contribution in [2.45, 2.75) is 20.4 Å². The van der Waals surface area contributed by atoms with E-state index in [9.17, 15) is 14.4 Å². The molecule has 3 rings (SSSR count). The summed E-state index contributed by atoms with van der Waals surface area (Å²) in [5.74, 6) is -0.584. The fourth-order valence-corrected chi connectivity index (χ4v) is 3.44. The summed E-state index contributed by atoms with van der Waals surface area (Å²) in [6.45, 7) is 6.52. The Morgan fingerprint density at radius 1 is 0.828 bits per heavy atom. The Kier molecular flexibility index (Phi) is 6.61. The Hall–Kier alpha value is -3.19. The highest BCUT2D eigenvalue weighted by Crippen LogP contribution is 2.21. The number of benzene rings is 2. The van der Waals surface area contributed by atoms with Crippen LogP contribution in [0.1, 0.15) is 29.8 Å². The third kappa shape index (κ3) is 5.89. The van der Waals surface area contributed by atoms with Gasteiger partial charge in [0.1, 0.15) is 0 Å². The van der Waals surface area contributed by atoms with Crippen LogP contribution in [0.3, 0.4) is 0 Å². The summed E-state index contributed by atoms with van der Waals surface area (Å²) in [5.41, 5.74) is 2.66. The summed E-state index contributed by atoms with van der Waals surface area (Å²) in [7, 11) is 0. The van der Waals surface area contributed by atoms with E-state index < -0.39 is 0 Å². The molecule has 0 atom stereocenters. The van der Waals surface area contributed by atoms with Crippen molar-refractivity contribution in [2.75, 3.05) is 36.8 Å². The second-order valence-corrected chi connectivity index (χ2v) is 7.22. The van der Waals surface area contributed by atoms with Crippen LogP contribution in [0.15, 0.2) is 48.5 Å². The van der Waals surface area contributed by atoms with Gasteiger partial charge >= 0.3 is 0 Å². The van der Waals surface area contributed by atoms with Crippen LogP contribution in [-0.4, -0.2) is 53.7 Å². The molecule has 0 bridgehead atoms. The molecule has 0 aliphatic carbocycles. The molecular weight excluding hydrogens is 368 g/mol. The van der Waals surface area contributed by atoms with E-state index in [1.54, 1.807) is 18.2 Å². The quantitative estimate of drug-likeness (QED) is 0.817.